The number of hydrogen-bond acceptors (Lipinski definition) is 4. The second-order valence-corrected chi connectivity index (χ2v) is 3.45. The molecule has 17 heavy (non-hydrogen) atoms. The van der Waals surface area contributed by atoms with Gasteiger partial charge in [-0.05, 0) is 18.2 Å². The molecule has 2 aromatic rings. The molecule has 0 saturated heterocycles. The summed E-state index contributed by atoms with van der Waals surface area (Å²) < 4.78 is 20.4. The molecule has 2 rings (SSSR count). The molecule has 1 aromatic carbocycles. The lowest BCUT2D eigenvalue weighted by Gasteiger charge is -2.06. The zero-order valence-electron chi connectivity index (χ0n) is 9.13. The molecule has 1 heterocycles. The van der Waals surface area contributed by atoms with Crippen molar-refractivity contribution in [2.24, 2.45) is 7.05 Å². The molecular weight excluding hydrogens is 225 g/mol. The summed E-state index contributed by atoms with van der Waals surface area (Å²) in [4.78, 5) is 10.4. The number of carbonyl (C=O) groups is 1. The minimum atomic E-state index is -0.572. The van der Waals surface area contributed by atoms with E-state index in [0.29, 0.717) is 12.1 Å². The predicted octanol–water partition coefficient (Wildman–Crippen LogP) is 1.35. The summed E-state index contributed by atoms with van der Waals surface area (Å²) in [5, 5.41) is 7.48. The van der Waals surface area contributed by atoms with Crippen molar-refractivity contribution in [3.63, 3.8) is 0 Å². The molecule has 6 heteroatoms. The summed E-state index contributed by atoms with van der Waals surface area (Å²) in [6.07, 6.45) is 2.11. The van der Waals surface area contributed by atoms with Crippen molar-refractivity contribution in [1.82, 2.24) is 14.8 Å². The fourth-order valence-electron chi connectivity index (χ4n) is 1.29. The summed E-state index contributed by atoms with van der Waals surface area (Å²) >= 11 is 0. The monoisotopic (exact) mass is 235 g/mol. The first-order valence-corrected chi connectivity index (χ1v) is 4.91. The molecule has 0 aliphatic heterocycles. The molecule has 0 unspecified atom stereocenters. The number of aromatic nitrogens is 3. The van der Waals surface area contributed by atoms with E-state index in [1.54, 1.807) is 11.6 Å². The zero-order valence-corrected chi connectivity index (χ0v) is 9.13. The highest BCUT2D eigenvalue weighted by Gasteiger charge is 2.07. The van der Waals surface area contributed by atoms with Gasteiger partial charge in [0.1, 0.15) is 19.2 Å². The maximum Gasteiger partial charge on any atom is 0.170 e. The van der Waals surface area contributed by atoms with Gasteiger partial charge in [-0.2, -0.15) is 0 Å². The van der Waals surface area contributed by atoms with Crippen LogP contribution in [0.5, 0.6) is 5.75 Å². The van der Waals surface area contributed by atoms with Crippen LogP contribution in [0.15, 0.2) is 24.5 Å². The second-order valence-electron chi connectivity index (χ2n) is 3.45. The van der Waals surface area contributed by atoms with Gasteiger partial charge in [-0.25, -0.2) is 4.39 Å². The van der Waals surface area contributed by atoms with E-state index in [1.165, 1.54) is 18.5 Å². The van der Waals surface area contributed by atoms with E-state index in [1.807, 2.05) is 0 Å². The van der Waals surface area contributed by atoms with Crippen LogP contribution in [0.4, 0.5) is 4.39 Å². The van der Waals surface area contributed by atoms with Crippen LogP contribution in [-0.2, 0) is 13.7 Å². The predicted molar refractivity (Wildman–Crippen MR) is 57.1 cm³/mol. The molecular formula is C11H10FN3O2. The van der Waals surface area contributed by atoms with Gasteiger partial charge < -0.3 is 9.30 Å². The van der Waals surface area contributed by atoms with Crippen molar-refractivity contribution in [2.45, 2.75) is 6.61 Å². The molecule has 5 nitrogen and oxygen atoms in total. The summed E-state index contributed by atoms with van der Waals surface area (Å²) in [6, 6.07) is 4.02. The number of carbonyl (C=O) groups excluding carboxylic acids is 1. The Bertz CT molecular complexity index is 539. The van der Waals surface area contributed by atoms with Gasteiger partial charge in [0.15, 0.2) is 17.4 Å². The first kappa shape index (κ1) is 11.3. The number of aldehydes is 1. The third kappa shape index (κ3) is 2.47. The Morgan fingerprint density at radius 3 is 2.94 bits per heavy atom. The van der Waals surface area contributed by atoms with Crippen LogP contribution in [0, 0.1) is 5.82 Å². The summed E-state index contributed by atoms with van der Waals surface area (Å²) in [5.41, 5.74) is 0.272. The molecule has 0 amide bonds. The maximum absolute atomic E-state index is 13.4. The number of nitrogens with zero attached hydrogens (tertiary/aromatic N) is 3. The van der Waals surface area contributed by atoms with Crippen molar-refractivity contribution in [2.75, 3.05) is 0 Å². The molecule has 0 saturated carbocycles. The minimum Gasteiger partial charge on any atom is -0.483 e. The highest BCUT2D eigenvalue weighted by molar-refractivity contribution is 5.74. The lowest BCUT2D eigenvalue weighted by molar-refractivity contribution is 0.112. The van der Waals surface area contributed by atoms with Crippen LogP contribution in [0.1, 0.15) is 16.2 Å². The fraction of sp³-hybridized carbons (Fsp3) is 0.182. The number of rotatable bonds is 4. The van der Waals surface area contributed by atoms with Crippen LogP contribution in [0.3, 0.4) is 0 Å². The van der Waals surface area contributed by atoms with Gasteiger partial charge in [-0.15, -0.1) is 10.2 Å². The third-order valence-electron chi connectivity index (χ3n) is 2.25. The third-order valence-corrected chi connectivity index (χ3v) is 2.25. The fourth-order valence-corrected chi connectivity index (χ4v) is 1.29. The zero-order chi connectivity index (χ0) is 12.3. The number of halogens is 1. The average molecular weight is 235 g/mol. The van der Waals surface area contributed by atoms with E-state index >= 15 is 0 Å². The molecule has 0 aliphatic carbocycles. The van der Waals surface area contributed by atoms with E-state index in [-0.39, 0.29) is 17.9 Å². The normalized spacial score (nSPS) is 10.2. The molecule has 0 atom stereocenters. The smallest absolute Gasteiger partial charge is 0.170 e. The van der Waals surface area contributed by atoms with E-state index in [9.17, 15) is 9.18 Å². The average Bonchev–Trinajstić information content (AvgIpc) is 2.73. The quantitative estimate of drug-likeness (QED) is 0.750. The van der Waals surface area contributed by atoms with Crippen molar-refractivity contribution in [3.05, 3.63) is 41.7 Å². The van der Waals surface area contributed by atoms with E-state index in [2.05, 4.69) is 10.2 Å². The topological polar surface area (TPSA) is 57.0 Å². The largest absolute Gasteiger partial charge is 0.483 e. The molecule has 88 valence electrons. The van der Waals surface area contributed by atoms with Crippen molar-refractivity contribution < 1.29 is 13.9 Å². The highest BCUT2D eigenvalue weighted by atomic mass is 19.1. The Balaban J connectivity index is 2.09. The summed E-state index contributed by atoms with van der Waals surface area (Å²) in [6.45, 7) is 0.119. The molecule has 1 aromatic heterocycles. The maximum atomic E-state index is 13.4. The van der Waals surface area contributed by atoms with Gasteiger partial charge in [0.05, 0.1) is 0 Å². The van der Waals surface area contributed by atoms with Crippen LogP contribution >= 0.6 is 0 Å². The summed E-state index contributed by atoms with van der Waals surface area (Å²) in [5.74, 6) is 0.0965. The SMILES string of the molecule is Cn1cnnc1COc1ccc(C=O)cc1F. The first-order chi connectivity index (χ1) is 8.20. The second kappa shape index (κ2) is 4.73. The number of ether oxygens (including phenoxy) is 1. The van der Waals surface area contributed by atoms with E-state index in [0.717, 1.165) is 6.07 Å². The van der Waals surface area contributed by atoms with E-state index < -0.39 is 5.82 Å². The Labute approximate surface area is 96.9 Å². The molecule has 0 bridgehead atoms. The lowest BCUT2D eigenvalue weighted by atomic mass is 10.2. The Hall–Kier alpha value is -2.24. The molecule has 0 radical (unpaired) electrons. The molecule has 0 spiro atoms. The lowest BCUT2D eigenvalue weighted by Crippen LogP contribution is -2.04. The molecule has 0 fully saturated rings. The molecule has 0 aliphatic rings. The van der Waals surface area contributed by atoms with Crippen molar-refractivity contribution in [1.29, 1.82) is 0 Å². The Morgan fingerprint density at radius 1 is 1.53 bits per heavy atom. The van der Waals surface area contributed by atoms with Gasteiger partial charge in [-0.1, -0.05) is 0 Å². The van der Waals surface area contributed by atoms with Crippen LogP contribution in [0.2, 0.25) is 0 Å². The van der Waals surface area contributed by atoms with Crippen molar-refractivity contribution in [3.8, 4) is 5.75 Å². The highest BCUT2D eigenvalue weighted by Crippen LogP contribution is 2.18. The van der Waals surface area contributed by atoms with Gasteiger partial charge >= 0.3 is 0 Å². The minimum absolute atomic E-state index is 0.0820. The van der Waals surface area contributed by atoms with Gasteiger partial charge in [0, 0.05) is 12.6 Å². The number of aryl methyl sites for hydroxylation is 1. The van der Waals surface area contributed by atoms with E-state index in [4.69, 9.17) is 4.74 Å². The van der Waals surface area contributed by atoms with Crippen LogP contribution in [0.25, 0.3) is 0 Å². The van der Waals surface area contributed by atoms with Gasteiger partial charge in [0.2, 0.25) is 0 Å². The van der Waals surface area contributed by atoms with Crippen LogP contribution in [-0.4, -0.2) is 21.1 Å². The number of hydrogen-bond donors (Lipinski definition) is 0. The van der Waals surface area contributed by atoms with Gasteiger partial charge in [0.25, 0.3) is 0 Å². The first-order valence-electron chi connectivity index (χ1n) is 4.91. The Morgan fingerprint density at radius 2 is 2.35 bits per heavy atom. The number of benzene rings is 1. The standard InChI is InChI=1S/C11H10FN3O2/c1-15-7-13-14-11(15)6-17-10-3-2-8(5-16)4-9(10)12/h2-5,7H,6H2,1H3. The van der Waals surface area contributed by atoms with Crippen LogP contribution < -0.4 is 4.74 Å². The summed E-state index contributed by atoms with van der Waals surface area (Å²) in [7, 11) is 1.77. The molecule has 0 N–H and O–H groups in total. The van der Waals surface area contributed by atoms with Crippen molar-refractivity contribution >= 4 is 6.29 Å². The Kier molecular flexibility index (Phi) is 3.13. The van der Waals surface area contributed by atoms with Gasteiger partial charge in [-0.3, -0.25) is 4.79 Å².